The lowest BCUT2D eigenvalue weighted by Gasteiger charge is -2.31. The average molecular weight is 279 g/mol. The van der Waals surface area contributed by atoms with Gasteiger partial charge in [-0.05, 0) is 43.2 Å². The van der Waals surface area contributed by atoms with Crippen molar-refractivity contribution in [3.8, 4) is 0 Å². The maximum Gasteiger partial charge on any atom is 0.0553 e. The van der Waals surface area contributed by atoms with Crippen LogP contribution in [0.5, 0.6) is 0 Å². The Bertz CT molecular complexity index is 376. The van der Waals surface area contributed by atoms with Gasteiger partial charge in [-0.2, -0.15) is 5.10 Å². The van der Waals surface area contributed by atoms with E-state index in [4.69, 9.17) is 0 Å². The zero-order valence-corrected chi connectivity index (χ0v) is 14.2. The molecule has 20 heavy (non-hydrogen) atoms. The summed E-state index contributed by atoms with van der Waals surface area (Å²) in [5, 5.41) is 8.19. The van der Waals surface area contributed by atoms with Crippen LogP contribution in [0, 0.1) is 11.3 Å². The molecule has 1 aromatic rings. The van der Waals surface area contributed by atoms with Crippen LogP contribution < -0.4 is 5.32 Å². The second kappa shape index (κ2) is 7.82. The summed E-state index contributed by atoms with van der Waals surface area (Å²) < 4.78 is 2.17. The molecular formula is C17H33N3. The lowest BCUT2D eigenvalue weighted by Crippen LogP contribution is -2.29. The number of hydrogen-bond donors (Lipinski definition) is 1. The summed E-state index contributed by atoms with van der Waals surface area (Å²) >= 11 is 0. The minimum absolute atomic E-state index is 0.349. The average Bonchev–Trinajstić information content (AvgIpc) is 2.81. The molecule has 0 saturated carbocycles. The fourth-order valence-corrected chi connectivity index (χ4v) is 2.37. The smallest absolute Gasteiger partial charge is 0.0553 e. The molecule has 1 rings (SSSR count). The zero-order valence-electron chi connectivity index (χ0n) is 14.2. The number of aryl methyl sites for hydroxylation is 1. The molecule has 0 saturated heterocycles. The van der Waals surface area contributed by atoms with Gasteiger partial charge in [0.2, 0.25) is 0 Å². The second-order valence-electron chi connectivity index (χ2n) is 6.99. The van der Waals surface area contributed by atoms with Crippen molar-refractivity contribution in [2.75, 3.05) is 6.54 Å². The fourth-order valence-electron chi connectivity index (χ4n) is 2.37. The highest BCUT2D eigenvalue weighted by atomic mass is 15.3. The standard InChI is InChI=1S/C17H33N3/c1-7-10-18-15(13-14(3)17(4,5)6)16-9-11-19-20(16)12-8-2/h9,11,14-15,18H,7-8,10,12-13H2,1-6H3. The minimum Gasteiger partial charge on any atom is -0.309 e. The Morgan fingerprint density at radius 2 is 1.95 bits per heavy atom. The molecule has 116 valence electrons. The van der Waals surface area contributed by atoms with Crippen LogP contribution in [0.2, 0.25) is 0 Å². The lowest BCUT2D eigenvalue weighted by molar-refractivity contribution is 0.219. The monoisotopic (exact) mass is 279 g/mol. The minimum atomic E-state index is 0.349. The van der Waals surface area contributed by atoms with Gasteiger partial charge < -0.3 is 5.32 Å². The van der Waals surface area contributed by atoms with E-state index < -0.39 is 0 Å². The van der Waals surface area contributed by atoms with E-state index in [1.807, 2.05) is 6.20 Å². The topological polar surface area (TPSA) is 29.9 Å². The van der Waals surface area contributed by atoms with E-state index in [0.717, 1.165) is 19.5 Å². The summed E-state index contributed by atoms with van der Waals surface area (Å²) in [6.45, 7) is 15.9. The number of nitrogens with one attached hydrogen (secondary N) is 1. The molecule has 2 atom stereocenters. The van der Waals surface area contributed by atoms with Crippen LogP contribution in [0.1, 0.15) is 72.5 Å². The van der Waals surface area contributed by atoms with Crippen molar-refractivity contribution in [3.05, 3.63) is 18.0 Å². The first-order chi connectivity index (χ1) is 9.40. The molecule has 1 N–H and O–H groups in total. The van der Waals surface area contributed by atoms with E-state index in [2.05, 4.69) is 62.7 Å². The predicted octanol–water partition coefficient (Wildman–Crippen LogP) is 4.41. The van der Waals surface area contributed by atoms with Gasteiger partial charge in [0.15, 0.2) is 0 Å². The van der Waals surface area contributed by atoms with Crippen molar-refractivity contribution in [2.24, 2.45) is 11.3 Å². The molecule has 0 amide bonds. The van der Waals surface area contributed by atoms with Gasteiger partial charge >= 0.3 is 0 Å². The number of rotatable bonds is 8. The van der Waals surface area contributed by atoms with Crippen LogP contribution in [0.3, 0.4) is 0 Å². The molecular weight excluding hydrogens is 246 g/mol. The molecule has 0 fully saturated rings. The fraction of sp³-hybridized carbons (Fsp3) is 0.824. The molecule has 0 aliphatic carbocycles. The Morgan fingerprint density at radius 3 is 2.50 bits per heavy atom. The van der Waals surface area contributed by atoms with E-state index in [9.17, 15) is 0 Å². The molecule has 1 aromatic heterocycles. The zero-order chi connectivity index (χ0) is 15.2. The predicted molar refractivity (Wildman–Crippen MR) is 86.8 cm³/mol. The number of nitrogens with zero attached hydrogens (tertiary/aromatic N) is 2. The Labute approximate surface area is 125 Å². The Kier molecular flexibility index (Phi) is 6.74. The summed E-state index contributed by atoms with van der Waals surface area (Å²) in [6.07, 6.45) is 5.40. The Hall–Kier alpha value is -0.830. The van der Waals surface area contributed by atoms with Gasteiger partial charge in [0.1, 0.15) is 0 Å². The van der Waals surface area contributed by atoms with Crippen molar-refractivity contribution >= 4 is 0 Å². The van der Waals surface area contributed by atoms with Crippen molar-refractivity contribution in [2.45, 2.75) is 73.4 Å². The summed E-state index contributed by atoms with van der Waals surface area (Å²) in [7, 11) is 0. The van der Waals surface area contributed by atoms with Crippen molar-refractivity contribution in [3.63, 3.8) is 0 Å². The van der Waals surface area contributed by atoms with Crippen LogP contribution in [-0.2, 0) is 6.54 Å². The quantitative estimate of drug-likeness (QED) is 0.764. The molecule has 1 heterocycles. The maximum atomic E-state index is 4.48. The molecule has 0 aromatic carbocycles. The van der Waals surface area contributed by atoms with Gasteiger partial charge in [0.25, 0.3) is 0 Å². The second-order valence-corrected chi connectivity index (χ2v) is 6.99. The highest BCUT2D eigenvalue weighted by molar-refractivity contribution is 5.07. The van der Waals surface area contributed by atoms with Gasteiger partial charge in [-0.15, -0.1) is 0 Å². The van der Waals surface area contributed by atoms with Gasteiger partial charge in [0, 0.05) is 18.8 Å². The molecule has 0 aliphatic heterocycles. The highest BCUT2D eigenvalue weighted by Gasteiger charge is 2.25. The highest BCUT2D eigenvalue weighted by Crippen LogP contribution is 2.33. The van der Waals surface area contributed by atoms with Crippen LogP contribution in [0.4, 0.5) is 0 Å². The lowest BCUT2D eigenvalue weighted by atomic mass is 9.78. The molecule has 3 heteroatoms. The third-order valence-corrected chi connectivity index (χ3v) is 4.25. The third kappa shape index (κ3) is 4.93. The van der Waals surface area contributed by atoms with Crippen LogP contribution >= 0.6 is 0 Å². The first-order valence-electron chi connectivity index (χ1n) is 8.15. The summed E-state index contributed by atoms with van der Waals surface area (Å²) in [5.41, 5.74) is 1.69. The van der Waals surface area contributed by atoms with E-state index in [-0.39, 0.29) is 0 Å². The SMILES string of the molecule is CCCNC(CC(C)C(C)(C)C)c1ccnn1CCC. The molecule has 2 unspecified atom stereocenters. The summed E-state index contributed by atoms with van der Waals surface area (Å²) in [6, 6.07) is 2.59. The van der Waals surface area contributed by atoms with E-state index in [0.29, 0.717) is 17.4 Å². The van der Waals surface area contributed by atoms with Gasteiger partial charge in [-0.3, -0.25) is 4.68 Å². The van der Waals surface area contributed by atoms with Crippen LogP contribution in [0.25, 0.3) is 0 Å². The molecule has 0 radical (unpaired) electrons. The van der Waals surface area contributed by atoms with Gasteiger partial charge in [-0.1, -0.05) is 41.5 Å². The normalized spacial score (nSPS) is 15.3. The number of aromatic nitrogens is 2. The third-order valence-electron chi connectivity index (χ3n) is 4.25. The summed E-state index contributed by atoms with van der Waals surface area (Å²) in [4.78, 5) is 0. The summed E-state index contributed by atoms with van der Waals surface area (Å²) in [5.74, 6) is 0.668. The van der Waals surface area contributed by atoms with Gasteiger partial charge in [0.05, 0.1) is 5.69 Å². The Balaban J connectivity index is 2.85. The first kappa shape index (κ1) is 17.2. The van der Waals surface area contributed by atoms with Crippen molar-refractivity contribution < 1.29 is 0 Å². The largest absolute Gasteiger partial charge is 0.309 e. The van der Waals surface area contributed by atoms with Crippen LogP contribution in [-0.4, -0.2) is 16.3 Å². The van der Waals surface area contributed by atoms with Crippen molar-refractivity contribution in [1.82, 2.24) is 15.1 Å². The van der Waals surface area contributed by atoms with E-state index >= 15 is 0 Å². The maximum absolute atomic E-state index is 4.48. The van der Waals surface area contributed by atoms with Crippen molar-refractivity contribution in [1.29, 1.82) is 0 Å². The Morgan fingerprint density at radius 1 is 1.25 bits per heavy atom. The van der Waals surface area contributed by atoms with Crippen LogP contribution in [0.15, 0.2) is 12.3 Å². The van der Waals surface area contributed by atoms with Gasteiger partial charge in [-0.25, -0.2) is 0 Å². The molecule has 0 bridgehead atoms. The van der Waals surface area contributed by atoms with E-state index in [1.54, 1.807) is 0 Å². The van der Waals surface area contributed by atoms with E-state index in [1.165, 1.54) is 18.5 Å². The molecule has 3 nitrogen and oxygen atoms in total. The number of hydrogen-bond acceptors (Lipinski definition) is 2. The molecule has 0 spiro atoms. The molecule has 0 aliphatic rings. The first-order valence-corrected chi connectivity index (χ1v) is 8.15.